The first-order valence-electron chi connectivity index (χ1n) is 3.32. The van der Waals surface area contributed by atoms with Crippen molar-refractivity contribution in [2.45, 2.75) is 6.43 Å². The predicted octanol–water partition coefficient (Wildman–Crippen LogP) is 3.03. The van der Waals surface area contributed by atoms with Crippen molar-refractivity contribution in [1.29, 1.82) is 0 Å². The minimum atomic E-state index is -2.54. The van der Waals surface area contributed by atoms with Gasteiger partial charge in [-0.05, 0) is 12.1 Å². The van der Waals surface area contributed by atoms with Crippen LogP contribution in [0.3, 0.4) is 0 Å². The molecule has 13 heavy (non-hydrogen) atoms. The Kier molecular flexibility index (Phi) is 3.69. The standard InChI is InChI=1S/C7H5Cl2F2NO/c8-5-2-1-4(7(9)12-5)13-3-6(10)11/h1-2,6H,3H2. The van der Waals surface area contributed by atoms with Crippen LogP contribution in [0.25, 0.3) is 0 Å². The number of pyridine rings is 1. The van der Waals surface area contributed by atoms with E-state index in [2.05, 4.69) is 9.72 Å². The molecule has 0 atom stereocenters. The summed E-state index contributed by atoms with van der Waals surface area (Å²) in [5, 5.41) is 0.169. The Morgan fingerprint density at radius 3 is 2.62 bits per heavy atom. The van der Waals surface area contributed by atoms with E-state index in [9.17, 15) is 8.78 Å². The van der Waals surface area contributed by atoms with Crippen molar-refractivity contribution in [1.82, 2.24) is 4.98 Å². The minimum Gasteiger partial charge on any atom is -0.484 e. The molecule has 0 saturated heterocycles. The summed E-state index contributed by atoms with van der Waals surface area (Å²) < 4.78 is 28.1. The molecule has 0 N–H and O–H groups in total. The topological polar surface area (TPSA) is 22.1 Å². The number of nitrogens with zero attached hydrogens (tertiary/aromatic N) is 1. The highest BCUT2D eigenvalue weighted by Gasteiger charge is 2.07. The lowest BCUT2D eigenvalue weighted by Gasteiger charge is -2.05. The molecule has 1 aromatic heterocycles. The van der Waals surface area contributed by atoms with E-state index in [1.807, 2.05) is 0 Å². The van der Waals surface area contributed by atoms with Gasteiger partial charge in [0.2, 0.25) is 0 Å². The number of hydrogen-bond donors (Lipinski definition) is 0. The van der Waals surface area contributed by atoms with Crippen LogP contribution in [-0.4, -0.2) is 18.0 Å². The van der Waals surface area contributed by atoms with Crippen molar-refractivity contribution < 1.29 is 13.5 Å². The summed E-state index contributed by atoms with van der Waals surface area (Å²) in [7, 11) is 0. The van der Waals surface area contributed by atoms with Gasteiger partial charge in [-0.1, -0.05) is 23.2 Å². The summed E-state index contributed by atoms with van der Waals surface area (Å²) in [4.78, 5) is 3.61. The molecule has 72 valence electrons. The molecule has 0 spiro atoms. The van der Waals surface area contributed by atoms with Crippen molar-refractivity contribution in [3.05, 3.63) is 22.4 Å². The maximum absolute atomic E-state index is 11.7. The van der Waals surface area contributed by atoms with E-state index in [1.165, 1.54) is 12.1 Å². The quantitative estimate of drug-likeness (QED) is 0.741. The average molecular weight is 228 g/mol. The van der Waals surface area contributed by atoms with Crippen LogP contribution in [0, 0.1) is 0 Å². The predicted molar refractivity (Wildman–Crippen MR) is 45.8 cm³/mol. The van der Waals surface area contributed by atoms with Gasteiger partial charge in [-0.2, -0.15) is 0 Å². The van der Waals surface area contributed by atoms with E-state index in [4.69, 9.17) is 23.2 Å². The van der Waals surface area contributed by atoms with Crippen LogP contribution in [-0.2, 0) is 0 Å². The average Bonchev–Trinajstić information content (AvgIpc) is 2.02. The third-order valence-corrected chi connectivity index (χ3v) is 1.63. The lowest BCUT2D eigenvalue weighted by Crippen LogP contribution is -2.07. The smallest absolute Gasteiger partial charge is 0.272 e. The zero-order chi connectivity index (χ0) is 9.84. The molecule has 0 aliphatic carbocycles. The SMILES string of the molecule is FC(F)COc1ccc(Cl)nc1Cl. The van der Waals surface area contributed by atoms with Crippen LogP contribution >= 0.6 is 23.2 Å². The van der Waals surface area contributed by atoms with Gasteiger partial charge in [-0.3, -0.25) is 0 Å². The van der Waals surface area contributed by atoms with Crippen molar-refractivity contribution in [2.75, 3.05) is 6.61 Å². The van der Waals surface area contributed by atoms with Gasteiger partial charge < -0.3 is 4.74 Å². The Morgan fingerprint density at radius 2 is 2.08 bits per heavy atom. The highest BCUT2D eigenvalue weighted by Crippen LogP contribution is 2.24. The number of ether oxygens (including phenoxy) is 1. The summed E-state index contributed by atoms with van der Waals surface area (Å²) in [6.45, 7) is -0.705. The molecular weight excluding hydrogens is 223 g/mol. The molecule has 0 fully saturated rings. The molecular formula is C7H5Cl2F2NO. The second kappa shape index (κ2) is 4.58. The van der Waals surface area contributed by atoms with Crippen LogP contribution in [0.1, 0.15) is 0 Å². The maximum atomic E-state index is 11.7. The fourth-order valence-corrected chi connectivity index (χ4v) is 1.06. The molecule has 1 rings (SSSR count). The normalized spacial score (nSPS) is 10.5. The fraction of sp³-hybridized carbons (Fsp3) is 0.286. The molecule has 1 heterocycles. The zero-order valence-electron chi connectivity index (χ0n) is 6.31. The number of rotatable bonds is 3. The molecule has 0 radical (unpaired) electrons. The van der Waals surface area contributed by atoms with E-state index < -0.39 is 13.0 Å². The number of aromatic nitrogens is 1. The van der Waals surface area contributed by atoms with Gasteiger partial charge in [0, 0.05) is 0 Å². The molecule has 0 amide bonds. The lowest BCUT2D eigenvalue weighted by atomic mass is 10.4. The van der Waals surface area contributed by atoms with Crippen LogP contribution in [0.2, 0.25) is 10.3 Å². The second-order valence-electron chi connectivity index (χ2n) is 2.13. The highest BCUT2D eigenvalue weighted by atomic mass is 35.5. The summed E-state index contributed by atoms with van der Waals surface area (Å²) >= 11 is 11.0. The Morgan fingerprint density at radius 1 is 1.38 bits per heavy atom. The van der Waals surface area contributed by atoms with E-state index in [0.717, 1.165) is 0 Å². The van der Waals surface area contributed by atoms with Gasteiger partial charge in [0.1, 0.15) is 11.8 Å². The third kappa shape index (κ3) is 3.32. The van der Waals surface area contributed by atoms with E-state index >= 15 is 0 Å². The molecule has 0 aromatic carbocycles. The van der Waals surface area contributed by atoms with Gasteiger partial charge in [0.15, 0.2) is 10.9 Å². The van der Waals surface area contributed by atoms with Crippen molar-refractivity contribution in [3.63, 3.8) is 0 Å². The Bertz CT molecular complexity index is 296. The monoisotopic (exact) mass is 227 g/mol. The summed E-state index contributed by atoms with van der Waals surface area (Å²) in [6, 6.07) is 2.80. The molecule has 0 aliphatic heterocycles. The third-order valence-electron chi connectivity index (χ3n) is 1.15. The molecule has 0 unspecified atom stereocenters. The maximum Gasteiger partial charge on any atom is 0.272 e. The molecule has 0 saturated carbocycles. The first-order chi connectivity index (χ1) is 6.09. The van der Waals surface area contributed by atoms with E-state index in [1.54, 1.807) is 0 Å². The molecule has 0 aliphatic rings. The molecule has 2 nitrogen and oxygen atoms in total. The largest absolute Gasteiger partial charge is 0.484 e. The molecule has 6 heteroatoms. The van der Waals surface area contributed by atoms with Crippen molar-refractivity contribution in [3.8, 4) is 5.75 Å². The Labute approximate surface area is 83.4 Å². The summed E-state index contributed by atoms with van der Waals surface area (Å²) in [6.07, 6.45) is -2.54. The second-order valence-corrected chi connectivity index (χ2v) is 2.87. The summed E-state index contributed by atoms with van der Waals surface area (Å²) in [5.74, 6) is 0.103. The Balaban J connectivity index is 2.67. The van der Waals surface area contributed by atoms with Crippen LogP contribution in [0.15, 0.2) is 12.1 Å². The van der Waals surface area contributed by atoms with Crippen LogP contribution in [0.4, 0.5) is 8.78 Å². The first kappa shape index (κ1) is 10.5. The zero-order valence-corrected chi connectivity index (χ0v) is 7.82. The van der Waals surface area contributed by atoms with E-state index in [-0.39, 0.29) is 16.1 Å². The van der Waals surface area contributed by atoms with Gasteiger partial charge in [-0.15, -0.1) is 0 Å². The number of halogens is 4. The van der Waals surface area contributed by atoms with Crippen molar-refractivity contribution >= 4 is 23.2 Å². The lowest BCUT2D eigenvalue weighted by molar-refractivity contribution is 0.0818. The first-order valence-corrected chi connectivity index (χ1v) is 4.08. The van der Waals surface area contributed by atoms with Gasteiger partial charge in [0.25, 0.3) is 6.43 Å². The minimum absolute atomic E-state index is 0.0202. The fourth-order valence-electron chi connectivity index (χ4n) is 0.660. The van der Waals surface area contributed by atoms with Gasteiger partial charge in [-0.25, -0.2) is 13.8 Å². The summed E-state index contributed by atoms with van der Waals surface area (Å²) in [5.41, 5.74) is 0. The van der Waals surface area contributed by atoms with Gasteiger partial charge >= 0.3 is 0 Å². The highest BCUT2D eigenvalue weighted by molar-refractivity contribution is 6.33. The van der Waals surface area contributed by atoms with E-state index in [0.29, 0.717) is 0 Å². The number of alkyl halides is 2. The Hall–Kier alpha value is -0.610. The van der Waals surface area contributed by atoms with Crippen molar-refractivity contribution in [2.24, 2.45) is 0 Å². The van der Waals surface area contributed by atoms with Crippen LogP contribution in [0.5, 0.6) is 5.75 Å². The van der Waals surface area contributed by atoms with Gasteiger partial charge in [0.05, 0.1) is 0 Å². The molecule has 1 aromatic rings. The number of hydrogen-bond acceptors (Lipinski definition) is 2. The molecule has 0 bridgehead atoms. The van der Waals surface area contributed by atoms with Crippen LogP contribution < -0.4 is 4.74 Å².